The van der Waals surface area contributed by atoms with Crippen molar-refractivity contribution in [3.63, 3.8) is 0 Å². The Balaban J connectivity index is 1.52. The molecule has 4 heterocycles. The molecule has 0 aliphatic carbocycles. The molecule has 3 aromatic rings. The Morgan fingerprint density at radius 3 is 3.00 bits per heavy atom. The van der Waals surface area contributed by atoms with Gasteiger partial charge in [-0.3, -0.25) is 19.3 Å². The fourth-order valence-electron chi connectivity index (χ4n) is 3.16. The van der Waals surface area contributed by atoms with Crippen LogP contribution in [-0.2, 0) is 11.3 Å². The van der Waals surface area contributed by atoms with Crippen LogP contribution in [0.25, 0.3) is 11.5 Å². The molecule has 1 aliphatic heterocycles. The summed E-state index contributed by atoms with van der Waals surface area (Å²) in [6.45, 7) is 3.78. The number of aryl methyl sites for hydroxylation is 1. The van der Waals surface area contributed by atoms with Gasteiger partial charge in [-0.2, -0.15) is 5.10 Å². The predicted octanol–water partition coefficient (Wildman–Crippen LogP) is 1.63. The Bertz CT molecular complexity index is 1050. The van der Waals surface area contributed by atoms with Crippen LogP contribution in [0.1, 0.15) is 33.1 Å². The van der Waals surface area contributed by atoms with E-state index in [9.17, 15) is 9.59 Å². The Kier molecular flexibility index (Phi) is 5.09. The summed E-state index contributed by atoms with van der Waals surface area (Å²) in [7, 11) is 0. The van der Waals surface area contributed by atoms with Crippen LogP contribution in [-0.4, -0.2) is 44.8 Å². The molecule has 10 nitrogen and oxygen atoms in total. The number of hydrogen-bond donors (Lipinski definition) is 2. The standard InChI is InChI=1S/C19H20N6O4/c1-11-6-13(2-4-21-11)19-23-15(10-29-19)18(27)22-14-8-25(24-16(14)17(20)26)7-12-3-5-28-9-12/h2,4,6,8,10,12H,3,5,7,9H2,1H3,(H2,20,26)(H,22,27)/t12-/m0/s1. The number of ether oxygens (including phenoxy) is 1. The highest BCUT2D eigenvalue weighted by atomic mass is 16.5. The predicted molar refractivity (Wildman–Crippen MR) is 102 cm³/mol. The quantitative estimate of drug-likeness (QED) is 0.646. The molecule has 0 radical (unpaired) electrons. The zero-order chi connectivity index (χ0) is 20.4. The van der Waals surface area contributed by atoms with Crippen LogP contribution in [0, 0.1) is 12.8 Å². The Labute approximate surface area is 166 Å². The van der Waals surface area contributed by atoms with Crippen LogP contribution in [0.5, 0.6) is 0 Å². The number of nitrogens with two attached hydrogens (primary N) is 1. The molecule has 10 heteroatoms. The van der Waals surface area contributed by atoms with E-state index in [4.69, 9.17) is 14.9 Å². The molecule has 0 saturated carbocycles. The van der Waals surface area contributed by atoms with Crippen LogP contribution in [0.2, 0.25) is 0 Å². The van der Waals surface area contributed by atoms with Gasteiger partial charge in [0.25, 0.3) is 11.8 Å². The third-order valence-corrected chi connectivity index (χ3v) is 4.59. The topological polar surface area (TPSA) is 138 Å². The van der Waals surface area contributed by atoms with E-state index >= 15 is 0 Å². The minimum atomic E-state index is -0.727. The van der Waals surface area contributed by atoms with E-state index in [-0.39, 0.29) is 17.1 Å². The van der Waals surface area contributed by atoms with Crippen LogP contribution in [0.3, 0.4) is 0 Å². The number of anilines is 1. The van der Waals surface area contributed by atoms with Gasteiger partial charge < -0.3 is 20.2 Å². The fourth-order valence-corrected chi connectivity index (χ4v) is 3.16. The Morgan fingerprint density at radius 1 is 1.41 bits per heavy atom. The molecule has 0 bridgehead atoms. The van der Waals surface area contributed by atoms with Gasteiger partial charge in [0.05, 0.1) is 12.3 Å². The number of pyridine rings is 1. The second kappa shape index (κ2) is 7.84. The summed E-state index contributed by atoms with van der Waals surface area (Å²) in [5.41, 5.74) is 7.22. The number of aromatic nitrogens is 4. The van der Waals surface area contributed by atoms with E-state index in [0.717, 1.165) is 12.1 Å². The van der Waals surface area contributed by atoms with Crippen molar-refractivity contribution >= 4 is 17.5 Å². The molecule has 4 rings (SSSR count). The average Bonchev–Trinajstić information content (AvgIpc) is 3.42. The third-order valence-electron chi connectivity index (χ3n) is 4.59. The second-order valence-electron chi connectivity index (χ2n) is 6.89. The minimum Gasteiger partial charge on any atom is -0.444 e. The Hall–Kier alpha value is -3.53. The molecule has 3 aromatic heterocycles. The number of primary amides is 1. The highest BCUT2D eigenvalue weighted by molar-refractivity contribution is 6.07. The first-order chi connectivity index (χ1) is 14.0. The van der Waals surface area contributed by atoms with Gasteiger partial charge in [0, 0.05) is 42.7 Å². The van der Waals surface area contributed by atoms with Crippen molar-refractivity contribution in [2.75, 3.05) is 18.5 Å². The van der Waals surface area contributed by atoms with Crippen molar-refractivity contribution < 1.29 is 18.7 Å². The van der Waals surface area contributed by atoms with Gasteiger partial charge in [-0.1, -0.05) is 0 Å². The maximum atomic E-state index is 12.6. The highest BCUT2D eigenvalue weighted by Crippen LogP contribution is 2.21. The summed E-state index contributed by atoms with van der Waals surface area (Å²) in [6, 6.07) is 3.54. The smallest absolute Gasteiger partial charge is 0.277 e. The number of nitrogens with one attached hydrogen (secondary N) is 1. The maximum Gasteiger partial charge on any atom is 0.277 e. The van der Waals surface area contributed by atoms with Gasteiger partial charge in [-0.05, 0) is 25.5 Å². The largest absolute Gasteiger partial charge is 0.444 e. The van der Waals surface area contributed by atoms with Crippen LogP contribution < -0.4 is 11.1 Å². The first-order valence-corrected chi connectivity index (χ1v) is 9.14. The number of nitrogens with zero attached hydrogens (tertiary/aromatic N) is 4. The number of amides is 2. The highest BCUT2D eigenvalue weighted by Gasteiger charge is 2.22. The lowest BCUT2D eigenvalue weighted by molar-refractivity contribution is 0.0995. The molecule has 0 unspecified atom stereocenters. The zero-order valence-corrected chi connectivity index (χ0v) is 15.8. The van der Waals surface area contributed by atoms with E-state index in [1.54, 1.807) is 29.2 Å². The van der Waals surface area contributed by atoms with Gasteiger partial charge in [-0.25, -0.2) is 4.98 Å². The first kappa shape index (κ1) is 18.8. The lowest BCUT2D eigenvalue weighted by Gasteiger charge is -2.06. The molecule has 3 N–H and O–H groups in total. The lowest BCUT2D eigenvalue weighted by Crippen LogP contribution is -2.18. The van der Waals surface area contributed by atoms with Gasteiger partial charge >= 0.3 is 0 Å². The van der Waals surface area contributed by atoms with Crippen molar-refractivity contribution in [1.82, 2.24) is 19.7 Å². The molecule has 1 atom stereocenters. The molecular formula is C19H20N6O4. The van der Waals surface area contributed by atoms with E-state index < -0.39 is 11.8 Å². The van der Waals surface area contributed by atoms with E-state index in [1.807, 2.05) is 6.92 Å². The summed E-state index contributed by atoms with van der Waals surface area (Å²) in [4.78, 5) is 32.7. The van der Waals surface area contributed by atoms with Crippen molar-refractivity contribution in [2.24, 2.45) is 11.7 Å². The summed E-state index contributed by atoms with van der Waals surface area (Å²) in [6.07, 6.45) is 5.40. The van der Waals surface area contributed by atoms with Crippen molar-refractivity contribution in [2.45, 2.75) is 19.9 Å². The summed E-state index contributed by atoms with van der Waals surface area (Å²) >= 11 is 0. The number of hydrogen-bond acceptors (Lipinski definition) is 7. The normalized spacial score (nSPS) is 16.1. The second-order valence-corrected chi connectivity index (χ2v) is 6.89. The third kappa shape index (κ3) is 4.16. The molecule has 150 valence electrons. The maximum absolute atomic E-state index is 12.6. The average molecular weight is 396 g/mol. The van der Waals surface area contributed by atoms with Crippen molar-refractivity contribution in [3.05, 3.63) is 47.9 Å². The molecule has 2 amide bonds. The van der Waals surface area contributed by atoms with E-state index in [0.29, 0.717) is 37.1 Å². The summed E-state index contributed by atoms with van der Waals surface area (Å²) in [5.74, 6) is -0.652. The minimum absolute atomic E-state index is 0.00857. The summed E-state index contributed by atoms with van der Waals surface area (Å²) < 4.78 is 12.4. The monoisotopic (exact) mass is 396 g/mol. The fraction of sp³-hybridized carbons (Fsp3) is 0.316. The Morgan fingerprint density at radius 2 is 2.28 bits per heavy atom. The zero-order valence-electron chi connectivity index (χ0n) is 15.8. The van der Waals surface area contributed by atoms with Gasteiger partial charge in [0.15, 0.2) is 11.4 Å². The number of rotatable bonds is 6. The van der Waals surface area contributed by atoms with Crippen LogP contribution in [0.4, 0.5) is 5.69 Å². The molecule has 1 fully saturated rings. The molecular weight excluding hydrogens is 376 g/mol. The van der Waals surface area contributed by atoms with Gasteiger partial charge in [0.1, 0.15) is 6.26 Å². The molecule has 29 heavy (non-hydrogen) atoms. The summed E-state index contributed by atoms with van der Waals surface area (Å²) in [5, 5.41) is 6.84. The van der Waals surface area contributed by atoms with Crippen molar-refractivity contribution in [1.29, 1.82) is 0 Å². The van der Waals surface area contributed by atoms with Gasteiger partial charge in [0.2, 0.25) is 5.89 Å². The molecule has 0 aromatic carbocycles. The SMILES string of the molecule is Cc1cc(-c2nc(C(=O)Nc3cn(C[C@@H]4CCOC4)nc3C(N)=O)co2)ccn1. The molecule has 1 saturated heterocycles. The van der Waals surface area contributed by atoms with E-state index in [1.165, 1.54) is 6.26 Å². The van der Waals surface area contributed by atoms with Crippen molar-refractivity contribution in [3.8, 4) is 11.5 Å². The number of carbonyl (C=O) groups is 2. The van der Waals surface area contributed by atoms with Gasteiger partial charge in [-0.15, -0.1) is 0 Å². The van der Waals surface area contributed by atoms with Crippen LogP contribution >= 0.6 is 0 Å². The van der Waals surface area contributed by atoms with Crippen LogP contribution in [0.15, 0.2) is 35.2 Å². The number of carbonyl (C=O) groups excluding carboxylic acids is 2. The molecule has 1 aliphatic rings. The molecule has 0 spiro atoms. The van der Waals surface area contributed by atoms with E-state index in [2.05, 4.69) is 20.4 Å². The number of oxazole rings is 1. The lowest BCUT2D eigenvalue weighted by atomic mass is 10.1. The first-order valence-electron chi connectivity index (χ1n) is 9.14.